The van der Waals surface area contributed by atoms with Crippen molar-refractivity contribution >= 4 is 12.1 Å². The van der Waals surface area contributed by atoms with E-state index in [1.807, 2.05) is 30.3 Å². The number of carboxylic acid groups (broad SMARTS) is 1. The number of aliphatic carboxylic acids is 1. The van der Waals surface area contributed by atoms with Crippen LogP contribution in [-0.2, 0) is 29.1 Å². The highest BCUT2D eigenvalue weighted by Gasteiger charge is 2.36. The SMILES string of the molecule is O=C(O)[C@@H]1Cc2nc[nH]c2CN1C(=O)OCc1ccccc1. The molecule has 1 atom stereocenters. The van der Waals surface area contributed by atoms with Gasteiger partial charge in [0.2, 0.25) is 0 Å². The molecule has 2 heterocycles. The van der Waals surface area contributed by atoms with Gasteiger partial charge >= 0.3 is 12.1 Å². The van der Waals surface area contributed by atoms with Crippen LogP contribution in [0.2, 0.25) is 0 Å². The molecule has 7 heteroatoms. The van der Waals surface area contributed by atoms with Crippen molar-refractivity contribution in [2.45, 2.75) is 25.6 Å². The van der Waals surface area contributed by atoms with Crippen molar-refractivity contribution in [3.63, 3.8) is 0 Å². The number of carbonyl (C=O) groups excluding carboxylic acids is 1. The van der Waals surface area contributed by atoms with Gasteiger partial charge in [-0.3, -0.25) is 4.90 Å². The molecule has 1 amide bonds. The van der Waals surface area contributed by atoms with Gasteiger partial charge in [0, 0.05) is 6.42 Å². The van der Waals surface area contributed by atoms with Crippen molar-refractivity contribution in [2.24, 2.45) is 0 Å². The Balaban J connectivity index is 1.71. The Bertz CT molecular complexity index is 683. The number of nitrogens with one attached hydrogen (secondary N) is 1. The summed E-state index contributed by atoms with van der Waals surface area (Å²) in [5.41, 5.74) is 2.27. The van der Waals surface area contributed by atoms with Crippen LogP contribution in [0.25, 0.3) is 0 Å². The molecule has 22 heavy (non-hydrogen) atoms. The molecule has 7 nitrogen and oxygen atoms in total. The minimum absolute atomic E-state index is 0.109. The number of hydrogen-bond donors (Lipinski definition) is 2. The van der Waals surface area contributed by atoms with Crippen LogP contribution < -0.4 is 0 Å². The van der Waals surface area contributed by atoms with Gasteiger partial charge in [0.1, 0.15) is 12.6 Å². The highest BCUT2D eigenvalue weighted by atomic mass is 16.6. The Labute approximate surface area is 126 Å². The third-order valence-electron chi connectivity index (χ3n) is 3.62. The second kappa shape index (κ2) is 5.88. The number of ether oxygens (including phenoxy) is 1. The number of hydrogen-bond acceptors (Lipinski definition) is 4. The molecular weight excluding hydrogens is 286 g/mol. The number of benzene rings is 1. The Morgan fingerprint density at radius 3 is 2.86 bits per heavy atom. The maximum atomic E-state index is 12.2. The van der Waals surface area contributed by atoms with E-state index in [1.165, 1.54) is 11.2 Å². The second-order valence-electron chi connectivity index (χ2n) is 5.05. The summed E-state index contributed by atoms with van der Waals surface area (Å²) in [5, 5.41) is 9.32. The van der Waals surface area contributed by atoms with Crippen molar-refractivity contribution in [3.8, 4) is 0 Å². The highest BCUT2D eigenvalue weighted by Crippen LogP contribution is 2.22. The summed E-state index contributed by atoms with van der Waals surface area (Å²) >= 11 is 0. The number of carbonyl (C=O) groups is 2. The molecule has 1 aromatic carbocycles. The van der Waals surface area contributed by atoms with E-state index in [9.17, 15) is 14.7 Å². The summed E-state index contributed by atoms with van der Waals surface area (Å²) in [6.45, 7) is 0.262. The minimum atomic E-state index is -1.06. The Morgan fingerprint density at radius 2 is 2.14 bits per heavy atom. The maximum absolute atomic E-state index is 12.2. The van der Waals surface area contributed by atoms with Crippen molar-refractivity contribution in [1.29, 1.82) is 0 Å². The molecule has 0 radical (unpaired) electrons. The summed E-state index contributed by atoms with van der Waals surface area (Å²) in [6.07, 6.45) is 1.04. The van der Waals surface area contributed by atoms with Gasteiger partial charge in [0.25, 0.3) is 0 Å². The van der Waals surface area contributed by atoms with Crippen LogP contribution in [-0.4, -0.2) is 38.1 Å². The third-order valence-corrected chi connectivity index (χ3v) is 3.62. The third kappa shape index (κ3) is 2.78. The Kier molecular flexibility index (Phi) is 3.78. The zero-order valence-corrected chi connectivity index (χ0v) is 11.7. The first-order valence-corrected chi connectivity index (χ1v) is 6.86. The molecule has 1 aliphatic heterocycles. The molecule has 1 aromatic heterocycles. The van der Waals surface area contributed by atoms with Gasteiger partial charge in [-0.1, -0.05) is 30.3 Å². The zero-order valence-electron chi connectivity index (χ0n) is 11.7. The maximum Gasteiger partial charge on any atom is 0.411 e. The van der Waals surface area contributed by atoms with Crippen LogP contribution in [0, 0.1) is 0 Å². The number of H-pyrrole nitrogens is 1. The lowest BCUT2D eigenvalue weighted by Crippen LogP contribution is -2.48. The summed E-state index contributed by atoms with van der Waals surface area (Å²) in [4.78, 5) is 31.8. The Hall–Kier alpha value is -2.83. The van der Waals surface area contributed by atoms with E-state index < -0.39 is 18.1 Å². The van der Waals surface area contributed by atoms with Gasteiger partial charge in [-0.05, 0) is 5.56 Å². The number of rotatable bonds is 3. The van der Waals surface area contributed by atoms with E-state index in [-0.39, 0.29) is 19.6 Å². The number of aromatic amines is 1. The number of amides is 1. The van der Waals surface area contributed by atoms with E-state index >= 15 is 0 Å². The normalized spacial score (nSPS) is 16.9. The summed E-state index contributed by atoms with van der Waals surface area (Å²) in [7, 11) is 0. The molecule has 0 saturated heterocycles. The lowest BCUT2D eigenvalue weighted by Gasteiger charge is -2.31. The van der Waals surface area contributed by atoms with E-state index in [2.05, 4.69) is 9.97 Å². The van der Waals surface area contributed by atoms with Crippen LogP contribution in [0.5, 0.6) is 0 Å². The smallest absolute Gasteiger partial charge is 0.411 e. The first-order chi connectivity index (χ1) is 10.6. The fraction of sp³-hybridized carbons (Fsp3) is 0.267. The molecule has 2 aromatic rings. The average Bonchev–Trinajstić information content (AvgIpc) is 2.99. The van der Waals surface area contributed by atoms with Crippen molar-refractivity contribution in [3.05, 3.63) is 53.6 Å². The van der Waals surface area contributed by atoms with Crippen molar-refractivity contribution in [1.82, 2.24) is 14.9 Å². The van der Waals surface area contributed by atoms with E-state index in [1.54, 1.807) is 0 Å². The molecule has 0 fully saturated rings. The van der Waals surface area contributed by atoms with Gasteiger partial charge in [-0.2, -0.15) is 0 Å². The van der Waals surface area contributed by atoms with Crippen molar-refractivity contribution < 1.29 is 19.4 Å². The van der Waals surface area contributed by atoms with Gasteiger partial charge in [-0.15, -0.1) is 0 Å². The predicted octanol–water partition coefficient (Wildman–Crippen LogP) is 1.56. The highest BCUT2D eigenvalue weighted by molar-refractivity contribution is 5.80. The largest absolute Gasteiger partial charge is 0.480 e. The van der Waals surface area contributed by atoms with Gasteiger partial charge in [0.05, 0.1) is 24.3 Å². The molecule has 0 spiro atoms. The molecule has 1 aliphatic rings. The molecule has 3 rings (SSSR count). The predicted molar refractivity (Wildman–Crippen MR) is 75.9 cm³/mol. The van der Waals surface area contributed by atoms with E-state index in [0.717, 1.165) is 11.3 Å². The topological polar surface area (TPSA) is 95.5 Å². The molecule has 114 valence electrons. The van der Waals surface area contributed by atoms with Crippen LogP contribution in [0.15, 0.2) is 36.7 Å². The molecular formula is C15H15N3O4. The summed E-state index contributed by atoms with van der Waals surface area (Å²) in [6, 6.07) is 8.29. The molecule has 0 bridgehead atoms. The lowest BCUT2D eigenvalue weighted by atomic mass is 10.0. The van der Waals surface area contributed by atoms with Crippen LogP contribution in [0.4, 0.5) is 4.79 Å². The average molecular weight is 301 g/mol. The van der Waals surface area contributed by atoms with Crippen molar-refractivity contribution in [2.75, 3.05) is 0 Å². The molecule has 0 aliphatic carbocycles. The fourth-order valence-electron chi connectivity index (χ4n) is 2.45. The number of aromatic nitrogens is 2. The first-order valence-electron chi connectivity index (χ1n) is 6.86. The van der Waals surface area contributed by atoms with Crippen LogP contribution in [0.3, 0.4) is 0 Å². The van der Waals surface area contributed by atoms with Gasteiger partial charge < -0.3 is 14.8 Å². The molecule has 0 saturated carbocycles. The number of fused-ring (bicyclic) bond motifs is 1. The van der Waals surface area contributed by atoms with Crippen LogP contribution >= 0.6 is 0 Å². The number of nitrogens with zero attached hydrogens (tertiary/aromatic N) is 2. The lowest BCUT2D eigenvalue weighted by molar-refractivity contribution is -0.143. The zero-order chi connectivity index (χ0) is 15.5. The van der Waals surface area contributed by atoms with Crippen LogP contribution in [0.1, 0.15) is 17.0 Å². The quantitative estimate of drug-likeness (QED) is 0.897. The second-order valence-corrected chi connectivity index (χ2v) is 5.05. The number of carboxylic acids is 1. The fourth-order valence-corrected chi connectivity index (χ4v) is 2.45. The number of imidazole rings is 1. The first kappa shape index (κ1) is 14.1. The Morgan fingerprint density at radius 1 is 1.36 bits per heavy atom. The van der Waals surface area contributed by atoms with E-state index in [0.29, 0.717) is 5.69 Å². The van der Waals surface area contributed by atoms with E-state index in [4.69, 9.17) is 4.74 Å². The summed E-state index contributed by atoms with van der Waals surface area (Å²) < 4.78 is 5.23. The molecule has 0 unspecified atom stereocenters. The standard InChI is InChI=1S/C15H15N3O4/c19-14(20)13-6-11-12(17-9-16-11)7-18(13)15(21)22-8-10-4-2-1-3-5-10/h1-5,9,13H,6-8H2,(H,16,17)(H,19,20)/t13-/m0/s1. The minimum Gasteiger partial charge on any atom is -0.480 e. The molecule has 2 N–H and O–H groups in total. The summed E-state index contributed by atoms with van der Waals surface area (Å²) in [5.74, 6) is -1.06. The van der Waals surface area contributed by atoms with Gasteiger partial charge in [0.15, 0.2) is 0 Å². The monoisotopic (exact) mass is 301 g/mol. The van der Waals surface area contributed by atoms with Gasteiger partial charge in [-0.25, -0.2) is 14.6 Å².